The first-order valence-electron chi connectivity index (χ1n) is 10.4. The predicted molar refractivity (Wildman–Crippen MR) is 123 cm³/mol. The van der Waals surface area contributed by atoms with Gasteiger partial charge in [-0.05, 0) is 60.0 Å². The largest absolute Gasteiger partial charge is 0.450 e. The van der Waals surface area contributed by atoms with Crippen LogP contribution in [0.25, 0.3) is 16.4 Å². The summed E-state index contributed by atoms with van der Waals surface area (Å²) in [6.07, 6.45) is 1.81. The number of benzene rings is 1. The highest BCUT2D eigenvalue weighted by Gasteiger charge is 2.31. The van der Waals surface area contributed by atoms with E-state index in [1.54, 1.807) is 28.4 Å². The molecular formula is C23H19FN4O3S2. The Labute approximate surface area is 197 Å². The van der Waals surface area contributed by atoms with Crippen molar-refractivity contribution in [2.24, 2.45) is 0 Å². The molecule has 1 saturated heterocycles. The highest BCUT2D eigenvalue weighted by atomic mass is 32.1. The molecule has 0 unspecified atom stereocenters. The minimum atomic E-state index is -0.783. The van der Waals surface area contributed by atoms with Gasteiger partial charge in [-0.15, -0.1) is 27.8 Å². The molecule has 1 aliphatic heterocycles. The van der Waals surface area contributed by atoms with E-state index in [9.17, 15) is 14.0 Å². The number of hydrogen-bond donors (Lipinski definition) is 0. The number of carbonyl (C=O) groups is 2. The van der Waals surface area contributed by atoms with Crippen LogP contribution in [-0.2, 0) is 9.53 Å². The fourth-order valence-corrected chi connectivity index (χ4v) is 5.41. The first-order valence-corrected chi connectivity index (χ1v) is 12.1. The molecule has 0 spiro atoms. The topological polar surface area (TPSA) is 77.3 Å². The van der Waals surface area contributed by atoms with Crippen LogP contribution in [0.4, 0.5) is 4.39 Å². The maximum absolute atomic E-state index is 13.4. The normalized spacial score (nSPS) is 15.7. The first-order chi connectivity index (χ1) is 16.1. The van der Waals surface area contributed by atoms with Crippen molar-refractivity contribution >= 4 is 34.6 Å². The molecule has 1 fully saturated rings. The van der Waals surface area contributed by atoms with E-state index in [1.807, 2.05) is 35.0 Å². The summed E-state index contributed by atoms with van der Waals surface area (Å²) in [5, 5.41) is 8.16. The highest BCUT2D eigenvalue weighted by Crippen LogP contribution is 2.34. The van der Waals surface area contributed by atoms with Crippen LogP contribution in [0.15, 0.2) is 59.3 Å². The second kappa shape index (κ2) is 9.24. The zero-order chi connectivity index (χ0) is 22.8. The van der Waals surface area contributed by atoms with Crippen LogP contribution in [0, 0.1) is 5.82 Å². The number of aromatic nitrogens is 3. The van der Waals surface area contributed by atoms with Crippen LogP contribution in [0.3, 0.4) is 0 Å². The Morgan fingerprint density at radius 1 is 1.09 bits per heavy atom. The van der Waals surface area contributed by atoms with Gasteiger partial charge in [-0.1, -0.05) is 12.1 Å². The molecule has 0 N–H and O–H groups in total. The molecule has 3 aromatic heterocycles. The van der Waals surface area contributed by atoms with Gasteiger partial charge in [0.2, 0.25) is 0 Å². The molecule has 1 amide bonds. The Bertz CT molecular complexity index is 1250. The summed E-state index contributed by atoms with van der Waals surface area (Å²) in [7, 11) is 0. The van der Waals surface area contributed by atoms with Crippen molar-refractivity contribution in [1.29, 1.82) is 0 Å². The van der Waals surface area contributed by atoms with Gasteiger partial charge in [0.15, 0.2) is 12.4 Å². The lowest BCUT2D eigenvalue weighted by atomic mass is 10.2. The van der Waals surface area contributed by atoms with E-state index < -0.39 is 5.97 Å². The van der Waals surface area contributed by atoms with Crippen molar-refractivity contribution in [3.05, 3.63) is 75.8 Å². The van der Waals surface area contributed by atoms with Crippen LogP contribution >= 0.6 is 22.7 Å². The van der Waals surface area contributed by atoms with Crippen LogP contribution in [0.2, 0.25) is 0 Å². The number of halogens is 1. The van der Waals surface area contributed by atoms with Crippen LogP contribution < -0.4 is 0 Å². The number of carbonyl (C=O) groups excluding carboxylic acids is 2. The number of nitrogens with zero attached hydrogens (tertiary/aromatic N) is 4. The van der Waals surface area contributed by atoms with Gasteiger partial charge in [-0.25, -0.2) is 13.9 Å². The molecular weight excluding hydrogens is 463 g/mol. The number of amides is 1. The Kier molecular flexibility index (Phi) is 6.01. The predicted octanol–water partition coefficient (Wildman–Crippen LogP) is 4.72. The molecule has 1 atom stereocenters. The molecule has 4 heterocycles. The number of esters is 1. The molecule has 1 aliphatic rings. The standard InChI is InChI=1S/C23H19FN4O3S2/c24-15-7-9-16(10-8-15)28-22(19-6-3-13-33-19)25-21(26-28)23(30)31-14-20(29)27-11-1-4-17(27)18-5-2-12-32-18/h2-3,5-10,12-13,17H,1,4,11,14H2/t17-/m1/s1. The quantitative estimate of drug-likeness (QED) is 0.372. The van der Waals surface area contributed by atoms with Crippen LogP contribution in [-0.4, -0.2) is 44.7 Å². The lowest BCUT2D eigenvalue weighted by Crippen LogP contribution is -2.34. The highest BCUT2D eigenvalue weighted by molar-refractivity contribution is 7.13. The fraction of sp³-hybridized carbons (Fsp3) is 0.217. The minimum absolute atomic E-state index is 0.0254. The Hall–Kier alpha value is -3.37. The van der Waals surface area contributed by atoms with Crippen LogP contribution in [0.1, 0.15) is 34.4 Å². The average molecular weight is 483 g/mol. The lowest BCUT2D eigenvalue weighted by molar-refractivity contribution is -0.135. The van der Waals surface area contributed by atoms with E-state index in [2.05, 4.69) is 10.1 Å². The molecule has 0 aliphatic carbocycles. The number of likely N-dealkylation sites (tertiary alicyclic amines) is 1. The van der Waals surface area contributed by atoms with Crippen molar-refractivity contribution in [3.63, 3.8) is 0 Å². The Morgan fingerprint density at radius 2 is 1.88 bits per heavy atom. The molecule has 1 aromatic carbocycles. The molecule has 4 aromatic rings. The molecule has 5 rings (SSSR count). The van der Waals surface area contributed by atoms with Gasteiger partial charge >= 0.3 is 5.97 Å². The molecule has 0 radical (unpaired) electrons. The maximum atomic E-state index is 13.4. The van der Waals surface area contributed by atoms with Gasteiger partial charge in [0, 0.05) is 11.4 Å². The molecule has 10 heteroatoms. The third kappa shape index (κ3) is 4.44. The summed E-state index contributed by atoms with van der Waals surface area (Å²) in [5.41, 5.74) is 0.554. The molecule has 168 valence electrons. The van der Waals surface area contributed by atoms with Gasteiger partial charge in [-0.3, -0.25) is 4.79 Å². The van der Waals surface area contributed by atoms with E-state index in [1.165, 1.54) is 28.2 Å². The van der Waals surface area contributed by atoms with Crippen molar-refractivity contribution in [2.75, 3.05) is 13.2 Å². The van der Waals surface area contributed by atoms with E-state index in [0.717, 1.165) is 22.6 Å². The second-order valence-corrected chi connectivity index (χ2v) is 9.39. The summed E-state index contributed by atoms with van der Waals surface area (Å²) >= 11 is 3.06. The van der Waals surface area contributed by atoms with Crippen molar-refractivity contribution in [3.8, 4) is 16.4 Å². The third-order valence-electron chi connectivity index (χ3n) is 5.37. The van der Waals surface area contributed by atoms with E-state index >= 15 is 0 Å². The monoisotopic (exact) mass is 482 g/mol. The Morgan fingerprint density at radius 3 is 2.61 bits per heavy atom. The molecule has 0 saturated carbocycles. The van der Waals surface area contributed by atoms with Crippen molar-refractivity contribution in [1.82, 2.24) is 19.7 Å². The van der Waals surface area contributed by atoms with E-state index in [4.69, 9.17) is 4.74 Å². The zero-order valence-corrected chi connectivity index (χ0v) is 19.0. The number of ether oxygens (including phenoxy) is 1. The minimum Gasteiger partial charge on any atom is -0.450 e. The fourth-order valence-electron chi connectivity index (χ4n) is 3.84. The third-order valence-corrected chi connectivity index (χ3v) is 7.21. The summed E-state index contributed by atoms with van der Waals surface area (Å²) in [5.74, 6) is -1.12. The number of thiophene rings is 2. The molecule has 7 nitrogen and oxygen atoms in total. The van der Waals surface area contributed by atoms with Crippen LogP contribution in [0.5, 0.6) is 0 Å². The summed E-state index contributed by atoms with van der Waals surface area (Å²) in [4.78, 5) is 33.5. The number of rotatable bonds is 6. The summed E-state index contributed by atoms with van der Waals surface area (Å²) < 4.78 is 20.1. The van der Waals surface area contributed by atoms with Crippen molar-refractivity contribution in [2.45, 2.75) is 18.9 Å². The Balaban J connectivity index is 1.33. The number of hydrogen-bond acceptors (Lipinski definition) is 7. The summed E-state index contributed by atoms with van der Waals surface area (Å²) in [6, 6.07) is 13.5. The maximum Gasteiger partial charge on any atom is 0.378 e. The van der Waals surface area contributed by atoms with E-state index in [-0.39, 0.29) is 30.2 Å². The smallest absolute Gasteiger partial charge is 0.378 e. The zero-order valence-electron chi connectivity index (χ0n) is 17.4. The second-order valence-electron chi connectivity index (χ2n) is 7.46. The first kappa shape index (κ1) is 21.5. The summed E-state index contributed by atoms with van der Waals surface area (Å²) in [6.45, 7) is 0.263. The van der Waals surface area contributed by atoms with Crippen molar-refractivity contribution < 1.29 is 18.7 Å². The van der Waals surface area contributed by atoms with E-state index in [0.29, 0.717) is 18.1 Å². The average Bonchev–Trinajstić information content (AvgIpc) is 3.63. The van der Waals surface area contributed by atoms with Gasteiger partial charge in [-0.2, -0.15) is 4.98 Å². The lowest BCUT2D eigenvalue weighted by Gasteiger charge is -2.23. The SMILES string of the molecule is O=C(OCC(=O)N1CCC[C@@H]1c1cccs1)c1nc(-c2cccs2)n(-c2ccc(F)cc2)n1. The molecule has 0 bridgehead atoms. The molecule has 33 heavy (non-hydrogen) atoms. The van der Waals surface area contributed by atoms with Gasteiger partial charge in [0.1, 0.15) is 5.82 Å². The van der Waals surface area contributed by atoms with Gasteiger partial charge in [0.25, 0.3) is 11.7 Å². The van der Waals surface area contributed by atoms with Gasteiger partial charge < -0.3 is 9.64 Å². The van der Waals surface area contributed by atoms with Gasteiger partial charge in [0.05, 0.1) is 16.6 Å².